The molecule has 28 heavy (non-hydrogen) atoms. The molecule has 0 spiro atoms. The number of hydrogen-bond acceptors (Lipinski definition) is 3. The lowest BCUT2D eigenvalue weighted by Crippen LogP contribution is -2.40. The zero-order chi connectivity index (χ0) is 19.1. The van der Waals surface area contributed by atoms with Crippen LogP contribution in [0.15, 0.2) is 42.6 Å². The van der Waals surface area contributed by atoms with E-state index in [9.17, 15) is 4.79 Å². The van der Waals surface area contributed by atoms with Gasteiger partial charge in [0.1, 0.15) is 0 Å². The van der Waals surface area contributed by atoms with E-state index in [1.807, 2.05) is 34.7 Å². The first kappa shape index (κ1) is 17.2. The van der Waals surface area contributed by atoms with E-state index in [4.69, 9.17) is 5.10 Å². The topological polar surface area (TPSA) is 56.0 Å². The fourth-order valence-corrected chi connectivity index (χ4v) is 4.66. The van der Waals surface area contributed by atoms with Gasteiger partial charge in [0.25, 0.3) is 0 Å². The van der Waals surface area contributed by atoms with E-state index in [-0.39, 0.29) is 5.92 Å². The Kier molecular flexibility index (Phi) is 4.26. The van der Waals surface area contributed by atoms with Crippen molar-refractivity contribution in [3.05, 3.63) is 59.5 Å². The van der Waals surface area contributed by atoms with Crippen molar-refractivity contribution in [1.82, 2.24) is 24.5 Å². The van der Waals surface area contributed by atoms with Gasteiger partial charge in [0, 0.05) is 74.2 Å². The van der Waals surface area contributed by atoms with Gasteiger partial charge < -0.3 is 4.90 Å². The number of carbonyl (C=O) groups is 1. The SMILES string of the molecule is Cn1nc(-c2ccccc2)c2c1CCN(C(=O)C1CCn3nccc3C1)CC2. The maximum absolute atomic E-state index is 13.2. The van der Waals surface area contributed by atoms with Gasteiger partial charge in [-0.15, -0.1) is 0 Å². The van der Waals surface area contributed by atoms with Crippen LogP contribution in [0.25, 0.3) is 11.3 Å². The molecule has 1 amide bonds. The lowest BCUT2D eigenvalue weighted by molar-refractivity contribution is -0.136. The molecule has 0 N–H and O–H groups in total. The Balaban J connectivity index is 1.35. The third kappa shape index (κ3) is 2.93. The summed E-state index contributed by atoms with van der Waals surface area (Å²) >= 11 is 0. The summed E-state index contributed by atoms with van der Waals surface area (Å²) < 4.78 is 4.03. The normalized spacial score (nSPS) is 19.0. The molecule has 0 saturated heterocycles. The zero-order valence-electron chi connectivity index (χ0n) is 16.2. The minimum Gasteiger partial charge on any atom is -0.342 e. The van der Waals surface area contributed by atoms with E-state index in [1.165, 1.54) is 17.0 Å². The average molecular weight is 375 g/mol. The Morgan fingerprint density at radius 2 is 1.89 bits per heavy atom. The van der Waals surface area contributed by atoms with Crippen molar-refractivity contribution in [1.29, 1.82) is 0 Å². The van der Waals surface area contributed by atoms with E-state index in [1.54, 1.807) is 0 Å². The van der Waals surface area contributed by atoms with Crippen molar-refractivity contribution in [3.63, 3.8) is 0 Å². The third-order valence-electron chi connectivity index (χ3n) is 6.18. The minimum atomic E-state index is 0.0807. The van der Waals surface area contributed by atoms with Gasteiger partial charge in [-0.05, 0) is 18.9 Å². The molecule has 3 aromatic rings. The second-order valence-electron chi connectivity index (χ2n) is 7.82. The highest BCUT2D eigenvalue weighted by Gasteiger charge is 2.31. The van der Waals surface area contributed by atoms with Crippen molar-refractivity contribution in [3.8, 4) is 11.3 Å². The number of nitrogens with zero attached hydrogens (tertiary/aromatic N) is 5. The summed E-state index contributed by atoms with van der Waals surface area (Å²) in [4.78, 5) is 15.3. The van der Waals surface area contributed by atoms with E-state index >= 15 is 0 Å². The highest BCUT2D eigenvalue weighted by molar-refractivity contribution is 5.79. The van der Waals surface area contributed by atoms with Crippen LogP contribution in [-0.2, 0) is 37.6 Å². The van der Waals surface area contributed by atoms with Crippen LogP contribution >= 0.6 is 0 Å². The fraction of sp³-hybridized carbons (Fsp3) is 0.409. The smallest absolute Gasteiger partial charge is 0.226 e. The minimum absolute atomic E-state index is 0.0807. The van der Waals surface area contributed by atoms with Crippen molar-refractivity contribution >= 4 is 5.91 Å². The summed E-state index contributed by atoms with van der Waals surface area (Å²) in [6.07, 6.45) is 5.25. The first-order chi connectivity index (χ1) is 13.7. The summed E-state index contributed by atoms with van der Waals surface area (Å²) in [5.41, 5.74) is 5.95. The quantitative estimate of drug-likeness (QED) is 0.691. The van der Waals surface area contributed by atoms with Crippen LogP contribution in [0.1, 0.15) is 23.4 Å². The molecular formula is C22H25N5O. The Bertz CT molecular complexity index is 1000. The molecule has 0 saturated carbocycles. The largest absolute Gasteiger partial charge is 0.342 e. The Labute approximate surface area is 164 Å². The summed E-state index contributed by atoms with van der Waals surface area (Å²) in [6, 6.07) is 12.4. The van der Waals surface area contributed by atoms with Gasteiger partial charge in [-0.3, -0.25) is 14.2 Å². The number of benzene rings is 1. The Hall–Kier alpha value is -2.89. The fourth-order valence-electron chi connectivity index (χ4n) is 4.66. The summed E-state index contributed by atoms with van der Waals surface area (Å²) in [5.74, 6) is 0.381. The summed E-state index contributed by atoms with van der Waals surface area (Å²) in [6.45, 7) is 2.39. The van der Waals surface area contributed by atoms with Crippen LogP contribution in [0.4, 0.5) is 0 Å². The number of rotatable bonds is 2. The van der Waals surface area contributed by atoms with Gasteiger partial charge in [-0.25, -0.2) is 0 Å². The molecule has 2 aliphatic heterocycles. The molecule has 6 heteroatoms. The molecule has 4 heterocycles. The van der Waals surface area contributed by atoms with Gasteiger partial charge in [-0.1, -0.05) is 30.3 Å². The number of carbonyl (C=O) groups excluding carboxylic acids is 1. The summed E-state index contributed by atoms with van der Waals surface area (Å²) in [5, 5.41) is 9.11. The molecular weight excluding hydrogens is 350 g/mol. The first-order valence-corrected chi connectivity index (χ1v) is 10.1. The van der Waals surface area contributed by atoms with Crippen LogP contribution in [0.5, 0.6) is 0 Å². The number of fused-ring (bicyclic) bond motifs is 2. The highest BCUT2D eigenvalue weighted by atomic mass is 16.2. The monoisotopic (exact) mass is 375 g/mol. The van der Waals surface area contributed by atoms with Crippen molar-refractivity contribution in [2.45, 2.75) is 32.2 Å². The Morgan fingerprint density at radius 3 is 2.75 bits per heavy atom. The predicted octanol–water partition coefficient (Wildman–Crippen LogP) is 2.47. The molecule has 1 atom stereocenters. The van der Waals surface area contributed by atoms with Gasteiger partial charge >= 0.3 is 0 Å². The van der Waals surface area contributed by atoms with E-state index < -0.39 is 0 Å². The zero-order valence-corrected chi connectivity index (χ0v) is 16.2. The predicted molar refractivity (Wildman–Crippen MR) is 107 cm³/mol. The molecule has 0 aliphatic carbocycles. The molecule has 2 aliphatic rings. The Morgan fingerprint density at radius 1 is 1.07 bits per heavy atom. The molecule has 0 bridgehead atoms. The summed E-state index contributed by atoms with van der Waals surface area (Å²) in [7, 11) is 2.02. The molecule has 1 aromatic carbocycles. The molecule has 1 unspecified atom stereocenters. The lowest BCUT2D eigenvalue weighted by atomic mass is 9.94. The number of amides is 1. The van der Waals surface area contributed by atoms with E-state index in [0.717, 1.165) is 56.6 Å². The van der Waals surface area contributed by atoms with Crippen LogP contribution in [0.3, 0.4) is 0 Å². The molecule has 5 rings (SSSR count). The molecule has 6 nitrogen and oxygen atoms in total. The lowest BCUT2D eigenvalue weighted by Gasteiger charge is -2.29. The maximum atomic E-state index is 13.2. The number of aromatic nitrogens is 4. The number of aryl methyl sites for hydroxylation is 2. The van der Waals surface area contributed by atoms with Crippen LogP contribution in [0, 0.1) is 5.92 Å². The second-order valence-corrected chi connectivity index (χ2v) is 7.82. The van der Waals surface area contributed by atoms with Crippen molar-refractivity contribution in [2.75, 3.05) is 13.1 Å². The van der Waals surface area contributed by atoms with Crippen LogP contribution in [0.2, 0.25) is 0 Å². The third-order valence-corrected chi connectivity index (χ3v) is 6.18. The van der Waals surface area contributed by atoms with Crippen molar-refractivity contribution in [2.24, 2.45) is 13.0 Å². The van der Waals surface area contributed by atoms with E-state index in [2.05, 4.69) is 34.3 Å². The van der Waals surface area contributed by atoms with Gasteiger partial charge in [0.15, 0.2) is 0 Å². The van der Waals surface area contributed by atoms with Gasteiger partial charge in [0.05, 0.1) is 5.69 Å². The van der Waals surface area contributed by atoms with Gasteiger partial charge in [0.2, 0.25) is 5.91 Å². The standard InChI is InChI=1S/C22H25N5O/c1-25-20-10-13-26(22(28)17-8-14-27-18(15-17)7-11-23-27)12-9-19(20)21(24-25)16-5-3-2-4-6-16/h2-7,11,17H,8-10,12-15H2,1H3. The molecule has 144 valence electrons. The van der Waals surface area contributed by atoms with E-state index in [0.29, 0.717) is 5.91 Å². The first-order valence-electron chi connectivity index (χ1n) is 10.1. The molecule has 0 radical (unpaired) electrons. The molecule has 2 aromatic heterocycles. The van der Waals surface area contributed by atoms with Crippen LogP contribution in [-0.4, -0.2) is 43.5 Å². The average Bonchev–Trinajstić information content (AvgIpc) is 3.25. The van der Waals surface area contributed by atoms with Crippen LogP contribution < -0.4 is 0 Å². The molecule has 0 fully saturated rings. The highest BCUT2D eigenvalue weighted by Crippen LogP contribution is 2.29. The maximum Gasteiger partial charge on any atom is 0.226 e. The van der Waals surface area contributed by atoms with Crippen molar-refractivity contribution < 1.29 is 4.79 Å². The van der Waals surface area contributed by atoms with Gasteiger partial charge in [-0.2, -0.15) is 10.2 Å². The number of hydrogen-bond donors (Lipinski definition) is 0. The second kappa shape index (κ2) is 6.93.